The van der Waals surface area contributed by atoms with E-state index in [9.17, 15) is 4.79 Å². The van der Waals surface area contributed by atoms with Crippen molar-refractivity contribution in [3.05, 3.63) is 54.1 Å². The Morgan fingerprint density at radius 1 is 1.15 bits per heavy atom. The molecule has 0 spiro atoms. The number of carbonyl (C=O) groups is 1. The van der Waals surface area contributed by atoms with Gasteiger partial charge in [-0.15, -0.1) is 11.8 Å². The highest BCUT2D eigenvalue weighted by Gasteiger charge is 2.22. The van der Waals surface area contributed by atoms with E-state index >= 15 is 0 Å². The maximum atomic E-state index is 11.1. The van der Waals surface area contributed by atoms with E-state index < -0.39 is 0 Å². The van der Waals surface area contributed by atoms with Gasteiger partial charge in [0.25, 0.3) is 0 Å². The third kappa shape index (κ3) is 2.80. The summed E-state index contributed by atoms with van der Waals surface area (Å²) in [5.74, 6) is 0.980. The second kappa shape index (κ2) is 5.59. The SMILES string of the molecule is CC(=O)Nc1cccc(NC2CSc3ccccc32)c1. The highest BCUT2D eigenvalue weighted by molar-refractivity contribution is 7.99. The van der Waals surface area contributed by atoms with Crippen molar-refractivity contribution in [1.29, 1.82) is 0 Å². The molecule has 1 aliphatic rings. The second-order valence-electron chi connectivity index (χ2n) is 4.81. The van der Waals surface area contributed by atoms with Crippen LogP contribution < -0.4 is 10.6 Å². The van der Waals surface area contributed by atoms with Crippen molar-refractivity contribution in [3.8, 4) is 0 Å². The van der Waals surface area contributed by atoms with Crippen LogP contribution in [-0.2, 0) is 4.79 Å². The summed E-state index contributed by atoms with van der Waals surface area (Å²) in [5, 5.41) is 6.34. The van der Waals surface area contributed by atoms with Crippen LogP contribution in [-0.4, -0.2) is 11.7 Å². The third-order valence-corrected chi connectivity index (χ3v) is 4.41. The Morgan fingerprint density at radius 3 is 2.80 bits per heavy atom. The van der Waals surface area contributed by atoms with E-state index in [1.54, 1.807) is 0 Å². The minimum absolute atomic E-state index is 0.0519. The minimum Gasteiger partial charge on any atom is -0.377 e. The average Bonchev–Trinajstić information content (AvgIpc) is 2.82. The molecule has 1 unspecified atom stereocenters. The van der Waals surface area contributed by atoms with E-state index in [1.165, 1.54) is 17.4 Å². The van der Waals surface area contributed by atoms with Gasteiger partial charge in [0.15, 0.2) is 0 Å². The van der Waals surface area contributed by atoms with Crippen LogP contribution in [0.25, 0.3) is 0 Å². The van der Waals surface area contributed by atoms with Gasteiger partial charge < -0.3 is 10.6 Å². The van der Waals surface area contributed by atoms with E-state index in [4.69, 9.17) is 0 Å². The number of benzene rings is 2. The molecule has 3 nitrogen and oxygen atoms in total. The molecule has 1 atom stereocenters. The summed E-state index contributed by atoms with van der Waals surface area (Å²) in [4.78, 5) is 12.4. The number of amides is 1. The molecule has 2 aromatic rings. The fraction of sp³-hybridized carbons (Fsp3) is 0.188. The molecule has 0 radical (unpaired) electrons. The predicted molar refractivity (Wildman–Crippen MR) is 84.3 cm³/mol. The first-order chi connectivity index (χ1) is 9.72. The molecule has 1 aliphatic heterocycles. The largest absolute Gasteiger partial charge is 0.377 e. The van der Waals surface area contributed by atoms with Crippen molar-refractivity contribution in [3.63, 3.8) is 0 Å². The van der Waals surface area contributed by atoms with Gasteiger partial charge in [0.2, 0.25) is 5.91 Å². The molecule has 0 aromatic heterocycles. The number of hydrogen-bond donors (Lipinski definition) is 2. The Bertz CT molecular complexity index is 642. The van der Waals surface area contributed by atoms with Crippen LogP contribution in [0.1, 0.15) is 18.5 Å². The van der Waals surface area contributed by atoms with Gasteiger partial charge in [-0.1, -0.05) is 24.3 Å². The molecule has 0 fully saturated rings. The summed E-state index contributed by atoms with van der Waals surface area (Å²) in [7, 11) is 0. The summed E-state index contributed by atoms with van der Waals surface area (Å²) in [6, 6.07) is 16.6. The smallest absolute Gasteiger partial charge is 0.221 e. The molecule has 20 heavy (non-hydrogen) atoms. The van der Waals surface area contributed by atoms with Gasteiger partial charge >= 0.3 is 0 Å². The Balaban J connectivity index is 1.77. The first-order valence-electron chi connectivity index (χ1n) is 6.58. The van der Waals surface area contributed by atoms with Crippen molar-refractivity contribution in [2.45, 2.75) is 17.9 Å². The van der Waals surface area contributed by atoms with E-state index in [-0.39, 0.29) is 5.91 Å². The van der Waals surface area contributed by atoms with E-state index in [0.29, 0.717) is 6.04 Å². The van der Waals surface area contributed by atoms with Crippen LogP contribution in [0.3, 0.4) is 0 Å². The zero-order valence-corrected chi connectivity index (χ0v) is 12.0. The molecule has 1 heterocycles. The van der Waals surface area contributed by atoms with Crippen LogP contribution in [0.15, 0.2) is 53.4 Å². The fourth-order valence-electron chi connectivity index (χ4n) is 2.37. The molecular formula is C16H16N2OS. The third-order valence-electron chi connectivity index (χ3n) is 3.22. The van der Waals surface area contributed by atoms with Crippen LogP contribution in [0.2, 0.25) is 0 Å². The molecule has 2 N–H and O–H groups in total. The zero-order valence-electron chi connectivity index (χ0n) is 11.2. The summed E-state index contributed by atoms with van der Waals surface area (Å²) >= 11 is 1.88. The van der Waals surface area contributed by atoms with Crippen molar-refractivity contribution in [2.75, 3.05) is 16.4 Å². The average molecular weight is 284 g/mol. The van der Waals surface area contributed by atoms with Gasteiger partial charge in [0.1, 0.15) is 0 Å². The molecule has 4 heteroatoms. The van der Waals surface area contributed by atoms with Gasteiger partial charge in [-0.2, -0.15) is 0 Å². The molecule has 0 aliphatic carbocycles. The normalized spacial score (nSPS) is 16.6. The van der Waals surface area contributed by atoms with Crippen LogP contribution in [0.4, 0.5) is 11.4 Å². The molecule has 2 aromatic carbocycles. The molecular weight excluding hydrogens is 268 g/mol. The van der Waals surface area contributed by atoms with Crippen molar-refractivity contribution < 1.29 is 4.79 Å². The lowest BCUT2D eigenvalue weighted by Gasteiger charge is -2.15. The Morgan fingerprint density at radius 2 is 1.95 bits per heavy atom. The minimum atomic E-state index is -0.0519. The Hall–Kier alpha value is -1.94. The monoisotopic (exact) mass is 284 g/mol. The van der Waals surface area contributed by atoms with Crippen molar-refractivity contribution >= 4 is 29.0 Å². The molecule has 1 amide bonds. The zero-order chi connectivity index (χ0) is 13.9. The number of nitrogens with one attached hydrogen (secondary N) is 2. The first kappa shape index (κ1) is 13.1. The van der Waals surface area contributed by atoms with Crippen LogP contribution in [0, 0.1) is 0 Å². The number of carbonyl (C=O) groups excluding carboxylic acids is 1. The van der Waals surface area contributed by atoms with Gasteiger partial charge in [0, 0.05) is 28.9 Å². The lowest BCUT2D eigenvalue weighted by Crippen LogP contribution is -2.10. The number of thioether (sulfide) groups is 1. The van der Waals surface area contributed by atoms with Gasteiger partial charge in [0.05, 0.1) is 6.04 Å². The summed E-state index contributed by atoms with van der Waals surface area (Å²) in [5.41, 5.74) is 3.20. The second-order valence-corrected chi connectivity index (χ2v) is 5.87. The highest BCUT2D eigenvalue weighted by Crippen LogP contribution is 2.39. The van der Waals surface area contributed by atoms with Crippen LogP contribution >= 0.6 is 11.8 Å². The van der Waals surface area contributed by atoms with E-state index in [2.05, 4.69) is 34.9 Å². The standard InChI is InChI=1S/C16H16N2OS/c1-11(19)17-12-5-4-6-13(9-12)18-15-10-20-16-8-3-2-7-14(15)16/h2-9,15,18H,10H2,1H3,(H,17,19). The number of hydrogen-bond acceptors (Lipinski definition) is 3. The molecule has 0 saturated heterocycles. The number of rotatable bonds is 3. The predicted octanol–water partition coefficient (Wildman–Crippen LogP) is 3.90. The molecule has 0 saturated carbocycles. The molecule has 3 rings (SSSR count). The lowest BCUT2D eigenvalue weighted by atomic mass is 10.1. The maximum Gasteiger partial charge on any atom is 0.221 e. The Kier molecular flexibility index (Phi) is 3.65. The highest BCUT2D eigenvalue weighted by atomic mass is 32.2. The van der Waals surface area contributed by atoms with Gasteiger partial charge in [-0.05, 0) is 29.8 Å². The van der Waals surface area contributed by atoms with Crippen molar-refractivity contribution in [1.82, 2.24) is 0 Å². The number of anilines is 2. The van der Waals surface area contributed by atoms with E-state index in [0.717, 1.165) is 17.1 Å². The molecule has 0 bridgehead atoms. The lowest BCUT2D eigenvalue weighted by molar-refractivity contribution is -0.114. The van der Waals surface area contributed by atoms with Gasteiger partial charge in [-0.3, -0.25) is 4.79 Å². The van der Waals surface area contributed by atoms with Crippen molar-refractivity contribution in [2.24, 2.45) is 0 Å². The number of fused-ring (bicyclic) bond motifs is 1. The summed E-state index contributed by atoms with van der Waals surface area (Å²) in [6.07, 6.45) is 0. The van der Waals surface area contributed by atoms with E-state index in [1.807, 2.05) is 36.0 Å². The van der Waals surface area contributed by atoms with Crippen LogP contribution in [0.5, 0.6) is 0 Å². The first-order valence-corrected chi connectivity index (χ1v) is 7.57. The topological polar surface area (TPSA) is 41.1 Å². The quantitative estimate of drug-likeness (QED) is 0.898. The Labute approximate surface area is 122 Å². The maximum absolute atomic E-state index is 11.1. The summed E-state index contributed by atoms with van der Waals surface area (Å²) < 4.78 is 0. The molecule has 102 valence electrons. The fourth-order valence-corrected chi connectivity index (χ4v) is 3.53. The summed E-state index contributed by atoms with van der Waals surface area (Å²) in [6.45, 7) is 1.52. The van der Waals surface area contributed by atoms with Gasteiger partial charge in [-0.25, -0.2) is 0 Å².